The van der Waals surface area contributed by atoms with Gasteiger partial charge in [0.1, 0.15) is 11.8 Å². The Kier molecular flexibility index (Phi) is 4.94. The Labute approximate surface area is 155 Å². The minimum absolute atomic E-state index is 0.121. The summed E-state index contributed by atoms with van der Waals surface area (Å²) in [5.41, 5.74) is 2.07. The summed E-state index contributed by atoms with van der Waals surface area (Å²) in [7, 11) is 1.67. The molecule has 2 heterocycles. The van der Waals surface area contributed by atoms with Gasteiger partial charge in [-0.1, -0.05) is 0 Å². The van der Waals surface area contributed by atoms with Crippen LogP contribution in [0, 0.1) is 6.92 Å². The van der Waals surface area contributed by atoms with E-state index in [0.717, 1.165) is 23.5 Å². The van der Waals surface area contributed by atoms with Crippen LogP contribution in [-0.4, -0.2) is 52.9 Å². The molecule has 3 rings (SSSR count). The maximum absolute atomic E-state index is 13.0. The van der Waals surface area contributed by atoms with Crippen molar-refractivity contribution < 1.29 is 9.53 Å². The Morgan fingerprint density at radius 1 is 1.23 bits per heavy atom. The topological polar surface area (TPSA) is 50.6 Å². The summed E-state index contributed by atoms with van der Waals surface area (Å²) >= 11 is 0. The first kappa shape index (κ1) is 18.3. The number of aromatic nitrogens is 2. The van der Waals surface area contributed by atoms with Crippen molar-refractivity contribution in [2.45, 2.75) is 39.3 Å². The lowest BCUT2D eigenvalue weighted by molar-refractivity contribution is -0.136. The fourth-order valence-corrected chi connectivity index (χ4v) is 3.61. The van der Waals surface area contributed by atoms with E-state index in [-0.39, 0.29) is 17.5 Å². The van der Waals surface area contributed by atoms with Crippen LogP contribution in [0.3, 0.4) is 0 Å². The molecule has 0 saturated carbocycles. The summed E-state index contributed by atoms with van der Waals surface area (Å²) in [5, 5.41) is 4.29. The number of carbonyl (C=O) groups excluding carboxylic acids is 1. The number of rotatable bonds is 4. The summed E-state index contributed by atoms with van der Waals surface area (Å²) < 4.78 is 7.00. The lowest BCUT2D eigenvalue weighted by Crippen LogP contribution is -2.61. The number of carbonyl (C=O) groups is 1. The maximum atomic E-state index is 13.0. The van der Waals surface area contributed by atoms with Gasteiger partial charge in [-0.3, -0.25) is 9.48 Å². The van der Waals surface area contributed by atoms with Crippen LogP contribution in [0.1, 0.15) is 32.4 Å². The van der Waals surface area contributed by atoms with Gasteiger partial charge in [0.2, 0.25) is 5.91 Å². The molecule has 0 spiro atoms. The van der Waals surface area contributed by atoms with Crippen LogP contribution in [0.5, 0.6) is 5.75 Å². The molecule has 140 valence electrons. The Balaban J connectivity index is 1.72. The van der Waals surface area contributed by atoms with Gasteiger partial charge in [-0.2, -0.15) is 5.10 Å². The molecule has 26 heavy (non-hydrogen) atoms. The largest absolute Gasteiger partial charge is 0.497 e. The van der Waals surface area contributed by atoms with Crippen LogP contribution in [0.4, 0.5) is 5.69 Å². The lowest BCUT2D eigenvalue weighted by atomic mass is 9.97. The third kappa shape index (κ3) is 3.54. The molecule has 0 bridgehead atoms. The van der Waals surface area contributed by atoms with Crippen molar-refractivity contribution in [3.8, 4) is 5.75 Å². The Bertz CT molecular complexity index is 766. The molecule has 1 amide bonds. The van der Waals surface area contributed by atoms with Crippen LogP contribution < -0.4 is 9.64 Å². The number of piperazine rings is 1. The van der Waals surface area contributed by atoms with Crippen molar-refractivity contribution >= 4 is 11.6 Å². The molecule has 1 atom stereocenters. The van der Waals surface area contributed by atoms with Gasteiger partial charge in [-0.15, -0.1) is 0 Å². The zero-order valence-electron chi connectivity index (χ0n) is 16.3. The minimum Gasteiger partial charge on any atom is -0.497 e. The number of hydrogen-bond donors (Lipinski definition) is 0. The average molecular weight is 356 g/mol. The van der Waals surface area contributed by atoms with Crippen molar-refractivity contribution in [3.05, 3.63) is 42.2 Å². The second kappa shape index (κ2) is 7.02. The van der Waals surface area contributed by atoms with Gasteiger partial charge in [0.25, 0.3) is 0 Å². The highest BCUT2D eigenvalue weighted by Gasteiger charge is 2.37. The van der Waals surface area contributed by atoms with E-state index >= 15 is 0 Å². The summed E-state index contributed by atoms with van der Waals surface area (Å²) in [6.45, 7) is 10.4. The van der Waals surface area contributed by atoms with Crippen LogP contribution >= 0.6 is 0 Å². The molecule has 1 aliphatic rings. The Morgan fingerprint density at radius 3 is 2.46 bits per heavy atom. The second-order valence-corrected chi connectivity index (χ2v) is 7.60. The molecule has 1 aliphatic heterocycles. The molecule has 0 radical (unpaired) electrons. The Hall–Kier alpha value is -2.50. The summed E-state index contributed by atoms with van der Waals surface area (Å²) in [6, 6.07) is 7.82. The molecule has 2 aromatic rings. The van der Waals surface area contributed by atoms with E-state index in [1.54, 1.807) is 18.0 Å². The molecule has 1 saturated heterocycles. The van der Waals surface area contributed by atoms with E-state index in [9.17, 15) is 4.79 Å². The maximum Gasteiger partial charge on any atom is 0.247 e. The number of anilines is 1. The second-order valence-electron chi connectivity index (χ2n) is 7.60. The first-order valence-corrected chi connectivity index (χ1v) is 9.03. The lowest BCUT2D eigenvalue weighted by Gasteiger charge is -2.49. The number of hydrogen-bond acceptors (Lipinski definition) is 4. The van der Waals surface area contributed by atoms with Crippen molar-refractivity contribution in [1.82, 2.24) is 14.7 Å². The number of benzene rings is 1. The monoisotopic (exact) mass is 356 g/mol. The van der Waals surface area contributed by atoms with Gasteiger partial charge >= 0.3 is 0 Å². The SMILES string of the molecule is COc1ccc(N2CCN(C(=O)[C@H](C)n3cc(C)cn3)CC2(C)C)cc1. The first-order valence-electron chi connectivity index (χ1n) is 9.03. The van der Waals surface area contributed by atoms with Crippen LogP contribution in [0.15, 0.2) is 36.7 Å². The smallest absolute Gasteiger partial charge is 0.247 e. The number of amides is 1. The number of aryl methyl sites for hydroxylation is 1. The molecular weight excluding hydrogens is 328 g/mol. The molecule has 1 fully saturated rings. The van der Waals surface area contributed by atoms with E-state index < -0.39 is 0 Å². The number of methoxy groups -OCH3 is 1. The van der Waals surface area contributed by atoms with E-state index in [1.807, 2.05) is 37.1 Å². The Morgan fingerprint density at radius 2 is 1.92 bits per heavy atom. The third-order valence-corrected chi connectivity index (χ3v) is 5.08. The fraction of sp³-hybridized carbons (Fsp3) is 0.500. The van der Waals surface area contributed by atoms with Crippen LogP contribution in [0.25, 0.3) is 0 Å². The summed E-state index contributed by atoms with van der Waals surface area (Å²) in [4.78, 5) is 17.3. The van der Waals surface area contributed by atoms with E-state index in [4.69, 9.17) is 4.74 Å². The highest BCUT2D eigenvalue weighted by molar-refractivity contribution is 5.80. The van der Waals surface area contributed by atoms with Gasteiger partial charge in [0.05, 0.1) is 18.8 Å². The van der Waals surface area contributed by atoms with Gasteiger partial charge in [0.15, 0.2) is 0 Å². The zero-order chi connectivity index (χ0) is 18.9. The molecule has 1 aromatic heterocycles. The molecule has 0 unspecified atom stereocenters. The zero-order valence-corrected chi connectivity index (χ0v) is 16.3. The summed E-state index contributed by atoms with van der Waals surface area (Å²) in [6.07, 6.45) is 3.71. The van der Waals surface area contributed by atoms with Crippen LogP contribution in [-0.2, 0) is 4.79 Å². The standard InChI is InChI=1S/C20H28N4O2/c1-15-12-21-24(13-15)16(2)19(25)22-10-11-23(20(3,4)14-22)17-6-8-18(26-5)9-7-17/h6-9,12-13,16H,10-11,14H2,1-5H3/t16-/m0/s1. The van der Waals surface area contributed by atoms with Gasteiger partial charge < -0.3 is 14.5 Å². The van der Waals surface area contributed by atoms with Gasteiger partial charge in [0, 0.05) is 31.5 Å². The predicted octanol–water partition coefficient (Wildman–Crippen LogP) is 2.89. The van der Waals surface area contributed by atoms with Gasteiger partial charge in [-0.05, 0) is 57.5 Å². The van der Waals surface area contributed by atoms with E-state index in [0.29, 0.717) is 13.1 Å². The summed E-state index contributed by atoms with van der Waals surface area (Å²) in [5.74, 6) is 0.972. The number of nitrogens with zero attached hydrogens (tertiary/aromatic N) is 4. The molecular formula is C20H28N4O2. The van der Waals surface area contributed by atoms with Crippen molar-refractivity contribution in [2.75, 3.05) is 31.6 Å². The fourth-order valence-electron chi connectivity index (χ4n) is 3.61. The highest BCUT2D eigenvalue weighted by atomic mass is 16.5. The molecule has 1 aromatic carbocycles. The average Bonchev–Trinajstić information content (AvgIpc) is 3.06. The quantitative estimate of drug-likeness (QED) is 0.845. The number of ether oxygens (including phenoxy) is 1. The molecule has 0 aliphatic carbocycles. The first-order chi connectivity index (χ1) is 12.3. The van der Waals surface area contributed by atoms with Crippen molar-refractivity contribution in [2.24, 2.45) is 0 Å². The molecule has 0 N–H and O–H groups in total. The van der Waals surface area contributed by atoms with Crippen LogP contribution in [0.2, 0.25) is 0 Å². The van der Waals surface area contributed by atoms with Gasteiger partial charge in [-0.25, -0.2) is 0 Å². The van der Waals surface area contributed by atoms with Crippen molar-refractivity contribution in [1.29, 1.82) is 0 Å². The van der Waals surface area contributed by atoms with E-state index in [1.165, 1.54) is 0 Å². The normalized spacial score (nSPS) is 17.9. The molecule has 6 nitrogen and oxygen atoms in total. The van der Waals surface area contributed by atoms with Crippen molar-refractivity contribution in [3.63, 3.8) is 0 Å². The minimum atomic E-state index is -0.285. The molecule has 6 heteroatoms. The van der Waals surface area contributed by atoms with E-state index in [2.05, 4.69) is 36.0 Å². The highest BCUT2D eigenvalue weighted by Crippen LogP contribution is 2.30. The third-order valence-electron chi connectivity index (χ3n) is 5.08. The predicted molar refractivity (Wildman–Crippen MR) is 103 cm³/mol.